The summed E-state index contributed by atoms with van der Waals surface area (Å²) < 4.78 is 27.8. The maximum absolute atomic E-state index is 12.1. The van der Waals surface area contributed by atoms with E-state index in [4.69, 9.17) is 0 Å². The highest BCUT2D eigenvalue weighted by Gasteiger charge is 2.24. The van der Waals surface area contributed by atoms with Gasteiger partial charge in [-0.05, 0) is 12.1 Å². The van der Waals surface area contributed by atoms with Crippen molar-refractivity contribution in [2.75, 3.05) is 0 Å². The Labute approximate surface area is 110 Å². The number of hydrogen-bond donors (Lipinski definition) is 0. The second kappa shape index (κ2) is 5.15. The summed E-state index contributed by atoms with van der Waals surface area (Å²) in [5.41, 5.74) is -0.122. The number of hydrogen-bond acceptors (Lipinski definition) is 4. The van der Waals surface area contributed by atoms with Crippen LogP contribution in [-0.4, -0.2) is 19.1 Å². The molecule has 0 bridgehead atoms. The number of nitro benzene ring substituents is 1. The maximum atomic E-state index is 12.1. The third kappa shape index (κ3) is 2.94. The molecule has 0 amide bonds. The predicted molar refractivity (Wildman–Crippen MR) is 70.6 cm³/mol. The zero-order chi connectivity index (χ0) is 13.9. The molecular weight excluding hydrogens is 268 g/mol. The lowest BCUT2D eigenvalue weighted by molar-refractivity contribution is -0.387. The molecule has 2 rings (SSSR count). The van der Waals surface area contributed by atoms with Crippen molar-refractivity contribution in [3.05, 3.63) is 58.7 Å². The molecule has 7 heteroatoms. The first-order valence-corrected chi connectivity index (χ1v) is 6.85. The summed E-state index contributed by atoms with van der Waals surface area (Å²) in [6.07, 6.45) is 7.14. The van der Waals surface area contributed by atoms with Gasteiger partial charge in [0.25, 0.3) is 15.7 Å². The molecule has 0 saturated carbocycles. The van der Waals surface area contributed by atoms with E-state index < -0.39 is 25.5 Å². The van der Waals surface area contributed by atoms with Crippen LogP contribution in [0.1, 0.15) is 6.42 Å². The Bertz CT molecular complexity index is 702. The molecular formula is C12H10N2O4S. The molecule has 0 radical (unpaired) electrons. The van der Waals surface area contributed by atoms with E-state index in [0.29, 0.717) is 12.1 Å². The number of nitrogens with zero attached hydrogens (tertiary/aromatic N) is 2. The molecule has 0 aliphatic heterocycles. The number of sulfonamides is 1. The standard InChI is InChI=1S/C12H10N2O4S/c15-14(16)11-8-4-5-9-12(11)19(17,18)13-10-6-2-1-3-7-10/h1-6,8-9H,7H2. The van der Waals surface area contributed by atoms with E-state index in [-0.39, 0.29) is 0 Å². The number of para-hydroxylation sites is 1. The quantitative estimate of drug-likeness (QED) is 0.626. The highest BCUT2D eigenvalue weighted by molar-refractivity contribution is 7.90. The smallest absolute Gasteiger partial charge is 0.258 e. The monoisotopic (exact) mass is 278 g/mol. The number of allylic oxidation sites excluding steroid dienone is 4. The average Bonchev–Trinajstić information content (AvgIpc) is 2.39. The first-order valence-electron chi connectivity index (χ1n) is 5.41. The highest BCUT2D eigenvalue weighted by Crippen LogP contribution is 2.25. The van der Waals surface area contributed by atoms with Gasteiger partial charge in [-0.15, -0.1) is 0 Å². The van der Waals surface area contributed by atoms with E-state index in [1.807, 2.05) is 0 Å². The highest BCUT2D eigenvalue weighted by atomic mass is 32.2. The normalized spacial score (nSPS) is 16.7. The van der Waals surface area contributed by atoms with Gasteiger partial charge in [-0.25, -0.2) is 0 Å². The second-order valence-electron chi connectivity index (χ2n) is 3.77. The van der Waals surface area contributed by atoms with Crippen molar-refractivity contribution in [2.24, 2.45) is 4.40 Å². The number of nitro groups is 1. The van der Waals surface area contributed by atoms with Crippen molar-refractivity contribution >= 4 is 21.4 Å². The Hall–Kier alpha value is -2.28. The Balaban J connectivity index is 2.49. The summed E-state index contributed by atoms with van der Waals surface area (Å²) in [7, 11) is -4.07. The summed E-state index contributed by atoms with van der Waals surface area (Å²) >= 11 is 0. The third-order valence-electron chi connectivity index (χ3n) is 2.44. The fraction of sp³-hybridized carbons (Fsp3) is 0.0833. The SMILES string of the molecule is O=[N+]([O-])c1ccccc1S(=O)(=O)N=C1C=CC=CC1. The van der Waals surface area contributed by atoms with Crippen LogP contribution in [-0.2, 0) is 10.0 Å². The van der Waals surface area contributed by atoms with Crippen molar-refractivity contribution in [2.45, 2.75) is 11.3 Å². The van der Waals surface area contributed by atoms with E-state index in [1.165, 1.54) is 18.2 Å². The molecule has 0 N–H and O–H groups in total. The summed E-state index contributed by atoms with van der Waals surface area (Å²) in [6.45, 7) is 0. The van der Waals surface area contributed by atoms with Gasteiger partial charge in [-0.1, -0.05) is 30.4 Å². The lowest BCUT2D eigenvalue weighted by Crippen LogP contribution is -2.06. The molecule has 1 aliphatic rings. The molecule has 1 aromatic rings. The van der Waals surface area contributed by atoms with Gasteiger partial charge in [0.05, 0.1) is 10.6 Å². The lowest BCUT2D eigenvalue weighted by Gasteiger charge is -2.03. The topological polar surface area (TPSA) is 89.6 Å². The van der Waals surface area contributed by atoms with Crippen LogP contribution in [0.4, 0.5) is 5.69 Å². The molecule has 1 aromatic carbocycles. The maximum Gasteiger partial charge on any atom is 0.289 e. The summed E-state index contributed by atoms with van der Waals surface area (Å²) in [6, 6.07) is 5.16. The zero-order valence-electron chi connectivity index (χ0n) is 9.76. The van der Waals surface area contributed by atoms with Crippen LogP contribution in [0.3, 0.4) is 0 Å². The van der Waals surface area contributed by atoms with Gasteiger partial charge in [0.1, 0.15) is 0 Å². The molecule has 1 aliphatic carbocycles. The fourth-order valence-electron chi connectivity index (χ4n) is 1.60. The molecule has 0 spiro atoms. The minimum absolute atomic E-state index is 0.348. The van der Waals surface area contributed by atoms with Crippen LogP contribution in [0.2, 0.25) is 0 Å². The average molecular weight is 278 g/mol. The summed E-state index contributed by atoms with van der Waals surface area (Å²) in [5.74, 6) is 0. The molecule has 98 valence electrons. The lowest BCUT2D eigenvalue weighted by atomic mass is 10.2. The van der Waals surface area contributed by atoms with Crippen LogP contribution in [0.25, 0.3) is 0 Å². The van der Waals surface area contributed by atoms with Crippen LogP contribution in [0, 0.1) is 10.1 Å². The van der Waals surface area contributed by atoms with Gasteiger partial charge in [0.15, 0.2) is 4.90 Å². The van der Waals surface area contributed by atoms with Gasteiger partial charge in [-0.3, -0.25) is 10.1 Å². The molecule has 0 heterocycles. The molecule has 19 heavy (non-hydrogen) atoms. The first-order chi connectivity index (χ1) is 9.00. The summed E-state index contributed by atoms with van der Waals surface area (Å²) in [4.78, 5) is 9.70. The minimum atomic E-state index is -4.07. The molecule has 0 saturated heterocycles. The van der Waals surface area contributed by atoms with Crippen molar-refractivity contribution in [1.29, 1.82) is 0 Å². The number of benzene rings is 1. The molecule has 6 nitrogen and oxygen atoms in total. The van der Waals surface area contributed by atoms with Crippen molar-refractivity contribution in [1.82, 2.24) is 0 Å². The minimum Gasteiger partial charge on any atom is -0.258 e. The van der Waals surface area contributed by atoms with Crippen molar-refractivity contribution < 1.29 is 13.3 Å². The van der Waals surface area contributed by atoms with Crippen LogP contribution in [0.5, 0.6) is 0 Å². The van der Waals surface area contributed by atoms with Gasteiger partial charge >= 0.3 is 0 Å². The van der Waals surface area contributed by atoms with E-state index in [0.717, 1.165) is 6.07 Å². The van der Waals surface area contributed by atoms with E-state index in [9.17, 15) is 18.5 Å². The van der Waals surface area contributed by atoms with E-state index in [2.05, 4.69) is 4.40 Å². The van der Waals surface area contributed by atoms with Crippen molar-refractivity contribution in [3.63, 3.8) is 0 Å². The Kier molecular flexibility index (Phi) is 3.57. The second-order valence-corrected chi connectivity index (χ2v) is 5.35. The Morgan fingerprint density at radius 3 is 2.58 bits per heavy atom. The van der Waals surface area contributed by atoms with Crippen LogP contribution in [0.15, 0.2) is 57.9 Å². The van der Waals surface area contributed by atoms with Gasteiger partial charge in [0, 0.05) is 12.5 Å². The van der Waals surface area contributed by atoms with E-state index in [1.54, 1.807) is 24.3 Å². The number of rotatable bonds is 3. The molecule has 0 fully saturated rings. The zero-order valence-corrected chi connectivity index (χ0v) is 10.6. The predicted octanol–water partition coefficient (Wildman–Crippen LogP) is 2.24. The van der Waals surface area contributed by atoms with Crippen LogP contribution < -0.4 is 0 Å². The van der Waals surface area contributed by atoms with Gasteiger partial charge in [0.2, 0.25) is 0 Å². The first kappa shape index (κ1) is 13.2. The van der Waals surface area contributed by atoms with Crippen molar-refractivity contribution in [3.8, 4) is 0 Å². The van der Waals surface area contributed by atoms with Gasteiger partial charge in [-0.2, -0.15) is 12.8 Å². The van der Waals surface area contributed by atoms with E-state index >= 15 is 0 Å². The molecule has 0 atom stereocenters. The molecule has 0 aromatic heterocycles. The summed E-state index contributed by atoms with van der Waals surface area (Å²) in [5, 5.41) is 10.8. The Morgan fingerprint density at radius 2 is 1.95 bits per heavy atom. The van der Waals surface area contributed by atoms with Gasteiger partial charge < -0.3 is 0 Å². The Morgan fingerprint density at radius 1 is 1.21 bits per heavy atom. The van der Waals surface area contributed by atoms with Crippen LogP contribution >= 0.6 is 0 Å². The largest absolute Gasteiger partial charge is 0.289 e. The molecule has 0 unspecified atom stereocenters. The third-order valence-corrected chi connectivity index (χ3v) is 3.82. The fourth-order valence-corrected chi connectivity index (χ4v) is 2.80.